The van der Waals surface area contributed by atoms with E-state index in [9.17, 15) is 31.6 Å². The summed E-state index contributed by atoms with van der Waals surface area (Å²) in [6.07, 6.45) is 4.46. The molecule has 2 bridgehead atoms. The van der Waals surface area contributed by atoms with Crippen molar-refractivity contribution in [2.45, 2.75) is 114 Å². The van der Waals surface area contributed by atoms with Crippen LogP contribution < -0.4 is 20.7 Å². The topological polar surface area (TPSA) is 166 Å². The number of para-hydroxylation sites is 1. The van der Waals surface area contributed by atoms with Crippen LogP contribution in [-0.4, -0.2) is 68.1 Å². The Morgan fingerprint density at radius 1 is 1.12 bits per heavy atom. The van der Waals surface area contributed by atoms with Crippen LogP contribution in [0.3, 0.4) is 0 Å². The third-order valence-electron chi connectivity index (χ3n) is 9.83. The molecular formula is C33H38F2N6O8S2. The second-order valence-electron chi connectivity index (χ2n) is 14.2. The molecule has 0 radical (unpaired) electrons. The fourth-order valence-electron chi connectivity index (χ4n) is 6.91. The number of hydrogen-bond acceptors (Lipinski definition) is 11. The summed E-state index contributed by atoms with van der Waals surface area (Å²) in [6, 6.07) is 6.17. The van der Waals surface area contributed by atoms with E-state index in [-0.39, 0.29) is 59.2 Å². The van der Waals surface area contributed by atoms with Crippen molar-refractivity contribution in [3.8, 4) is 10.8 Å². The number of amides is 1. The van der Waals surface area contributed by atoms with Gasteiger partial charge >= 0.3 is 12.3 Å². The molecule has 18 heteroatoms. The number of halogens is 2. The zero-order valence-electron chi connectivity index (χ0n) is 28.4. The third kappa shape index (κ3) is 6.40. The van der Waals surface area contributed by atoms with Crippen LogP contribution in [0.1, 0.15) is 76.5 Å². The molecule has 1 N–H and O–H groups in total. The van der Waals surface area contributed by atoms with Gasteiger partial charge in [-0.25, -0.2) is 17.8 Å². The quantitative estimate of drug-likeness (QED) is 0.238. The van der Waals surface area contributed by atoms with Crippen molar-refractivity contribution in [2.24, 2.45) is 0 Å². The SMILES string of the molecule is Cc1c(-n2nccn2)sc2c1c(=O)n(C1(C(=O)NS(=O)(=O)C(C)(C)C)CC1)c(=O)n2C[C@H](O[C@@H]1C[C@H]2CC[C@@H](C1)O2)c1ccccc1OC(F)F. The van der Waals surface area contributed by atoms with E-state index in [0.717, 1.165) is 28.7 Å². The fourth-order valence-corrected chi connectivity index (χ4v) is 8.87. The predicted molar refractivity (Wildman–Crippen MR) is 182 cm³/mol. The molecule has 3 fully saturated rings. The summed E-state index contributed by atoms with van der Waals surface area (Å²) in [6.45, 7) is 2.53. The van der Waals surface area contributed by atoms with E-state index >= 15 is 0 Å². The van der Waals surface area contributed by atoms with Gasteiger partial charge in [0.2, 0.25) is 10.0 Å². The van der Waals surface area contributed by atoms with E-state index in [1.54, 1.807) is 25.1 Å². The van der Waals surface area contributed by atoms with Gasteiger partial charge < -0.3 is 14.2 Å². The number of nitrogens with one attached hydrogen (secondary N) is 1. The highest BCUT2D eigenvalue weighted by atomic mass is 32.2. The molecule has 4 atom stereocenters. The molecule has 5 heterocycles. The third-order valence-corrected chi connectivity index (χ3v) is 13.2. The maximum absolute atomic E-state index is 14.7. The molecule has 1 aliphatic carbocycles. The highest BCUT2D eigenvalue weighted by Gasteiger charge is 2.56. The van der Waals surface area contributed by atoms with Gasteiger partial charge in [0.25, 0.3) is 11.5 Å². The van der Waals surface area contributed by atoms with Crippen LogP contribution in [-0.2, 0) is 36.4 Å². The maximum Gasteiger partial charge on any atom is 0.387 e. The Hall–Kier alpha value is -4.00. The van der Waals surface area contributed by atoms with Crippen LogP contribution in [0.25, 0.3) is 15.2 Å². The highest BCUT2D eigenvalue weighted by molar-refractivity contribution is 7.91. The molecule has 4 aromatic rings. The average molecular weight is 749 g/mol. The van der Waals surface area contributed by atoms with Gasteiger partial charge in [-0.2, -0.15) is 19.0 Å². The van der Waals surface area contributed by atoms with Crippen LogP contribution >= 0.6 is 11.3 Å². The Morgan fingerprint density at radius 2 is 1.76 bits per heavy atom. The molecule has 1 saturated carbocycles. The van der Waals surface area contributed by atoms with Gasteiger partial charge in [0.15, 0.2) is 0 Å². The number of hydrogen-bond donors (Lipinski definition) is 1. The van der Waals surface area contributed by atoms with Gasteiger partial charge in [-0.1, -0.05) is 29.5 Å². The lowest BCUT2D eigenvalue weighted by molar-refractivity contribution is -0.124. The van der Waals surface area contributed by atoms with Crippen LogP contribution in [0.5, 0.6) is 5.75 Å². The summed E-state index contributed by atoms with van der Waals surface area (Å²) < 4.78 is 73.9. The monoisotopic (exact) mass is 748 g/mol. The number of alkyl halides is 2. The van der Waals surface area contributed by atoms with Crippen LogP contribution in [0.15, 0.2) is 46.2 Å². The van der Waals surface area contributed by atoms with E-state index in [2.05, 4.69) is 14.9 Å². The Morgan fingerprint density at radius 3 is 2.37 bits per heavy atom. The van der Waals surface area contributed by atoms with Crippen molar-refractivity contribution in [2.75, 3.05) is 0 Å². The van der Waals surface area contributed by atoms with E-state index in [1.165, 1.54) is 48.6 Å². The van der Waals surface area contributed by atoms with Gasteiger partial charge in [0.1, 0.15) is 27.2 Å². The first-order valence-corrected chi connectivity index (χ1v) is 19.0. The molecule has 3 aliphatic rings. The minimum Gasteiger partial charge on any atom is -0.434 e. The van der Waals surface area contributed by atoms with Crippen molar-refractivity contribution in [3.05, 3.63) is 68.6 Å². The van der Waals surface area contributed by atoms with Crippen molar-refractivity contribution in [1.29, 1.82) is 0 Å². The number of ether oxygens (including phenoxy) is 3. The van der Waals surface area contributed by atoms with E-state index in [4.69, 9.17) is 14.2 Å². The number of carbonyl (C=O) groups excluding carboxylic acids is 1. The van der Waals surface area contributed by atoms with Gasteiger partial charge in [-0.3, -0.25) is 18.9 Å². The van der Waals surface area contributed by atoms with Crippen molar-refractivity contribution in [1.82, 2.24) is 28.9 Å². The molecule has 1 aromatic carbocycles. The Labute approximate surface area is 295 Å². The number of thiophene rings is 1. The minimum atomic E-state index is -4.20. The summed E-state index contributed by atoms with van der Waals surface area (Å²) in [5, 5.41) is 8.95. The van der Waals surface area contributed by atoms with Gasteiger partial charge in [0.05, 0.1) is 47.4 Å². The van der Waals surface area contributed by atoms with Crippen LogP contribution in [0.4, 0.5) is 8.78 Å². The highest BCUT2D eigenvalue weighted by Crippen LogP contribution is 2.44. The van der Waals surface area contributed by atoms with Gasteiger partial charge in [-0.15, -0.1) is 4.80 Å². The smallest absolute Gasteiger partial charge is 0.387 e. The van der Waals surface area contributed by atoms with E-state index in [1.807, 2.05) is 0 Å². The van der Waals surface area contributed by atoms with E-state index < -0.39 is 50.2 Å². The summed E-state index contributed by atoms with van der Waals surface area (Å²) >= 11 is 1.07. The van der Waals surface area contributed by atoms with Gasteiger partial charge in [-0.05, 0) is 72.3 Å². The molecular weight excluding hydrogens is 711 g/mol. The summed E-state index contributed by atoms with van der Waals surface area (Å²) in [7, 11) is -4.20. The number of carbonyl (C=O) groups is 1. The lowest BCUT2D eigenvalue weighted by atomic mass is 10.0. The average Bonchev–Trinajstić information content (AvgIpc) is 3.32. The van der Waals surface area contributed by atoms with Gasteiger partial charge in [0, 0.05) is 11.1 Å². The number of nitrogens with zero attached hydrogens (tertiary/aromatic N) is 5. The molecule has 14 nitrogen and oxygen atoms in total. The van der Waals surface area contributed by atoms with Crippen molar-refractivity contribution < 1.29 is 36.2 Å². The first kappa shape index (κ1) is 35.4. The number of fused-ring (bicyclic) bond motifs is 3. The predicted octanol–water partition coefficient (Wildman–Crippen LogP) is 3.92. The number of sulfonamides is 1. The lowest BCUT2D eigenvalue weighted by Gasteiger charge is -2.32. The number of aromatic nitrogens is 5. The number of rotatable bonds is 11. The zero-order chi connectivity index (χ0) is 36.5. The summed E-state index contributed by atoms with van der Waals surface area (Å²) in [4.78, 5) is 44.5. The molecule has 0 unspecified atom stereocenters. The van der Waals surface area contributed by atoms with Crippen LogP contribution in [0, 0.1) is 6.92 Å². The molecule has 2 saturated heterocycles. The normalized spacial score (nSPS) is 22.0. The second-order valence-corrected chi connectivity index (χ2v) is 17.6. The van der Waals surface area contributed by atoms with E-state index in [0.29, 0.717) is 23.4 Å². The largest absolute Gasteiger partial charge is 0.434 e. The Kier molecular flexibility index (Phi) is 8.95. The molecule has 2 aliphatic heterocycles. The first-order valence-electron chi connectivity index (χ1n) is 16.7. The van der Waals surface area contributed by atoms with Crippen molar-refractivity contribution in [3.63, 3.8) is 0 Å². The Bertz CT molecular complexity index is 2190. The molecule has 3 aromatic heterocycles. The van der Waals surface area contributed by atoms with Crippen molar-refractivity contribution >= 4 is 37.5 Å². The zero-order valence-corrected chi connectivity index (χ0v) is 30.0. The van der Waals surface area contributed by atoms with Crippen LogP contribution in [0.2, 0.25) is 0 Å². The maximum atomic E-state index is 14.7. The molecule has 274 valence electrons. The fraction of sp³-hybridized carbons (Fsp3) is 0.545. The Balaban J connectivity index is 1.41. The minimum absolute atomic E-state index is 0.0139. The number of benzene rings is 1. The standard InChI is InChI=1S/C33H38F2N6O8S2/c1-18-25-26(42)40(33(11-12-33)29(43)38-51(45,46)32(2,3)4)31(44)39(28(25)50-27(18)41-36-13-14-37-41)17-24(22-7-5-6-8-23(22)49-30(34)35)48-21-15-19-9-10-20(16-21)47-19/h5-8,13-14,19-21,24,30H,9-12,15-17H2,1-4H3,(H,38,43)/t19-,20+,21-,24-/m0/s1. The molecule has 51 heavy (non-hydrogen) atoms. The molecule has 7 rings (SSSR count). The summed E-state index contributed by atoms with van der Waals surface area (Å²) in [5.74, 6) is -1.13. The summed E-state index contributed by atoms with van der Waals surface area (Å²) in [5.41, 5.74) is -2.76. The second kappa shape index (κ2) is 12.9. The molecule has 0 spiro atoms. The molecule has 1 amide bonds. The number of aryl methyl sites for hydroxylation is 1. The lowest BCUT2D eigenvalue weighted by Crippen LogP contribution is -2.54. The first-order chi connectivity index (χ1) is 24.1.